The zero-order valence-electron chi connectivity index (χ0n) is 15.6. The molecule has 2 fully saturated rings. The van der Waals surface area contributed by atoms with E-state index < -0.39 is 0 Å². The summed E-state index contributed by atoms with van der Waals surface area (Å²) < 4.78 is 6.07. The monoisotopic (exact) mass is 379 g/mol. The Morgan fingerprint density at radius 3 is 2.57 bits per heavy atom. The lowest BCUT2D eigenvalue weighted by atomic mass is 9.85. The molecule has 4 rings (SSSR count). The summed E-state index contributed by atoms with van der Waals surface area (Å²) in [7, 11) is 0. The van der Waals surface area contributed by atoms with Crippen molar-refractivity contribution in [2.24, 2.45) is 5.73 Å². The Kier molecular flexibility index (Phi) is 5.25. The standard InChI is InChI=1S/C21H25N5O2/c22-11-14(12-23)13-4-5-18(20(27)8-13)19-6-7-21(26-25-19)28-17-9-15-2-1-3-16(10-17)24-15/h4-8,11-12,15-17,22,24,27H,1-3,9-10,23H2. The number of allylic oxidation sites excluding steroid dienone is 1. The van der Waals surface area contributed by atoms with Crippen molar-refractivity contribution >= 4 is 11.8 Å². The van der Waals surface area contributed by atoms with Crippen LogP contribution in [0.25, 0.3) is 16.8 Å². The van der Waals surface area contributed by atoms with Crippen LogP contribution in [-0.4, -0.2) is 39.7 Å². The molecular formula is C21H25N5O2. The van der Waals surface area contributed by atoms with E-state index in [0.29, 0.717) is 40.4 Å². The van der Waals surface area contributed by atoms with Crippen molar-refractivity contribution in [3.63, 3.8) is 0 Å². The number of aromatic nitrogens is 2. The van der Waals surface area contributed by atoms with Crippen molar-refractivity contribution in [2.75, 3.05) is 0 Å². The lowest BCUT2D eigenvalue weighted by Gasteiger charge is -2.39. The Labute approximate surface area is 164 Å². The normalized spacial score (nSPS) is 24.6. The van der Waals surface area contributed by atoms with Gasteiger partial charge in [0, 0.05) is 41.7 Å². The summed E-state index contributed by atoms with van der Waals surface area (Å²) in [5, 5.41) is 29.8. The number of hydrogen-bond donors (Lipinski definition) is 4. The third-order valence-electron chi connectivity index (χ3n) is 5.54. The molecule has 146 valence electrons. The molecule has 0 aliphatic carbocycles. The van der Waals surface area contributed by atoms with Gasteiger partial charge >= 0.3 is 0 Å². The Morgan fingerprint density at radius 2 is 1.96 bits per heavy atom. The smallest absolute Gasteiger partial charge is 0.233 e. The van der Waals surface area contributed by atoms with E-state index in [9.17, 15) is 5.11 Å². The minimum atomic E-state index is 0.0628. The summed E-state index contributed by atoms with van der Waals surface area (Å²) in [6.07, 6.45) is 8.40. The largest absolute Gasteiger partial charge is 0.507 e. The van der Waals surface area contributed by atoms with E-state index in [-0.39, 0.29) is 11.9 Å². The quantitative estimate of drug-likeness (QED) is 0.594. The number of benzene rings is 1. The van der Waals surface area contributed by atoms with Crippen LogP contribution in [0.5, 0.6) is 11.6 Å². The molecule has 0 spiro atoms. The van der Waals surface area contributed by atoms with Crippen molar-refractivity contribution in [1.29, 1.82) is 5.41 Å². The Bertz CT molecular complexity index is 869. The summed E-state index contributed by atoms with van der Waals surface area (Å²) >= 11 is 0. The molecule has 2 atom stereocenters. The number of nitrogens with zero attached hydrogens (tertiary/aromatic N) is 2. The lowest BCUT2D eigenvalue weighted by Crippen LogP contribution is -2.51. The van der Waals surface area contributed by atoms with Crippen LogP contribution in [0.15, 0.2) is 36.5 Å². The van der Waals surface area contributed by atoms with Crippen LogP contribution in [0.3, 0.4) is 0 Å². The molecule has 0 amide bonds. The Balaban J connectivity index is 1.47. The number of piperidine rings is 2. The van der Waals surface area contributed by atoms with Crippen molar-refractivity contribution in [3.8, 4) is 22.9 Å². The van der Waals surface area contributed by atoms with Gasteiger partial charge in [-0.1, -0.05) is 12.5 Å². The summed E-state index contributed by atoms with van der Waals surface area (Å²) in [6, 6.07) is 9.81. The Hall–Kier alpha value is -2.93. The molecule has 28 heavy (non-hydrogen) atoms. The third kappa shape index (κ3) is 3.84. The van der Waals surface area contributed by atoms with Crippen LogP contribution in [0.2, 0.25) is 0 Å². The maximum Gasteiger partial charge on any atom is 0.233 e. The predicted octanol–water partition coefficient (Wildman–Crippen LogP) is 2.85. The number of nitrogens with one attached hydrogen (secondary N) is 2. The van der Waals surface area contributed by atoms with Gasteiger partial charge in [-0.2, -0.15) is 0 Å². The van der Waals surface area contributed by atoms with Gasteiger partial charge in [0.1, 0.15) is 11.9 Å². The van der Waals surface area contributed by atoms with Crippen molar-refractivity contribution < 1.29 is 9.84 Å². The molecule has 2 aliphatic heterocycles. The second kappa shape index (κ2) is 7.98. The van der Waals surface area contributed by atoms with Crippen LogP contribution < -0.4 is 15.8 Å². The number of phenols is 1. The van der Waals surface area contributed by atoms with E-state index in [0.717, 1.165) is 19.1 Å². The van der Waals surface area contributed by atoms with Gasteiger partial charge < -0.3 is 26.3 Å². The molecule has 7 nitrogen and oxygen atoms in total. The number of hydrogen-bond acceptors (Lipinski definition) is 7. The Morgan fingerprint density at radius 1 is 1.18 bits per heavy atom. The highest BCUT2D eigenvalue weighted by Gasteiger charge is 2.32. The minimum absolute atomic E-state index is 0.0628. The number of phenolic OH excluding ortho intramolecular Hbond substituents is 1. The second-order valence-electron chi connectivity index (χ2n) is 7.46. The van der Waals surface area contributed by atoms with E-state index in [1.165, 1.54) is 25.5 Å². The second-order valence-corrected chi connectivity index (χ2v) is 7.46. The fraction of sp³-hybridized carbons (Fsp3) is 0.381. The molecule has 0 saturated carbocycles. The van der Waals surface area contributed by atoms with E-state index in [1.807, 2.05) is 0 Å². The lowest BCUT2D eigenvalue weighted by molar-refractivity contribution is 0.0881. The van der Waals surface area contributed by atoms with Gasteiger partial charge in [0.05, 0.1) is 5.69 Å². The van der Waals surface area contributed by atoms with Crippen molar-refractivity contribution in [1.82, 2.24) is 15.5 Å². The summed E-state index contributed by atoms with van der Waals surface area (Å²) in [5.41, 5.74) is 7.83. The van der Waals surface area contributed by atoms with Gasteiger partial charge in [-0.15, -0.1) is 10.2 Å². The summed E-state index contributed by atoms with van der Waals surface area (Å²) in [6.45, 7) is 0. The van der Waals surface area contributed by atoms with Gasteiger partial charge in [0.25, 0.3) is 0 Å². The molecular weight excluding hydrogens is 354 g/mol. The molecule has 2 bridgehead atoms. The molecule has 2 aliphatic rings. The fourth-order valence-electron chi connectivity index (χ4n) is 4.16. The topological polar surface area (TPSA) is 117 Å². The minimum Gasteiger partial charge on any atom is -0.507 e. The number of ether oxygens (including phenoxy) is 1. The van der Waals surface area contributed by atoms with Crippen molar-refractivity contribution in [2.45, 2.75) is 50.3 Å². The number of rotatable bonds is 5. The van der Waals surface area contributed by atoms with Gasteiger partial charge in [-0.25, -0.2) is 0 Å². The zero-order chi connectivity index (χ0) is 19.5. The molecule has 1 aromatic carbocycles. The number of aromatic hydroxyl groups is 1. The summed E-state index contributed by atoms with van der Waals surface area (Å²) in [5.74, 6) is 0.579. The molecule has 2 unspecified atom stereocenters. The average molecular weight is 379 g/mol. The van der Waals surface area contributed by atoms with E-state index in [4.69, 9.17) is 15.9 Å². The fourth-order valence-corrected chi connectivity index (χ4v) is 4.16. The van der Waals surface area contributed by atoms with Gasteiger partial charge in [-0.05, 0) is 49.4 Å². The van der Waals surface area contributed by atoms with Crippen LogP contribution >= 0.6 is 0 Å². The highest BCUT2D eigenvalue weighted by molar-refractivity contribution is 6.08. The van der Waals surface area contributed by atoms with Gasteiger partial charge in [-0.3, -0.25) is 0 Å². The third-order valence-corrected chi connectivity index (χ3v) is 5.54. The molecule has 1 aromatic heterocycles. The molecule has 2 aromatic rings. The maximum atomic E-state index is 10.4. The van der Waals surface area contributed by atoms with E-state index >= 15 is 0 Å². The van der Waals surface area contributed by atoms with Crippen LogP contribution in [-0.2, 0) is 0 Å². The van der Waals surface area contributed by atoms with E-state index in [2.05, 4.69) is 15.5 Å². The molecule has 7 heteroatoms. The van der Waals surface area contributed by atoms with Crippen LogP contribution in [0, 0.1) is 5.41 Å². The highest BCUT2D eigenvalue weighted by atomic mass is 16.5. The number of nitrogens with two attached hydrogens (primary N) is 1. The van der Waals surface area contributed by atoms with Gasteiger partial charge in [0.15, 0.2) is 0 Å². The van der Waals surface area contributed by atoms with Gasteiger partial charge in [0.2, 0.25) is 5.88 Å². The number of fused-ring (bicyclic) bond motifs is 2. The molecule has 2 saturated heterocycles. The van der Waals surface area contributed by atoms with Crippen LogP contribution in [0.4, 0.5) is 0 Å². The molecule has 0 radical (unpaired) electrons. The maximum absolute atomic E-state index is 10.4. The first kappa shape index (κ1) is 18.4. The summed E-state index contributed by atoms with van der Waals surface area (Å²) in [4.78, 5) is 0. The van der Waals surface area contributed by atoms with Crippen LogP contribution in [0.1, 0.15) is 37.7 Å². The first-order valence-electron chi connectivity index (χ1n) is 9.69. The average Bonchev–Trinajstić information content (AvgIpc) is 2.70. The zero-order valence-corrected chi connectivity index (χ0v) is 15.6. The van der Waals surface area contributed by atoms with E-state index in [1.54, 1.807) is 30.3 Å². The first-order chi connectivity index (χ1) is 13.7. The first-order valence-corrected chi connectivity index (χ1v) is 9.69. The predicted molar refractivity (Wildman–Crippen MR) is 108 cm³/mol. The molecule has 3 heterocycles. The van der Waals surface area contributed by atoms with Crippen molar-refractivity contribution in [3.05, 3.63) is 42.1 Å². The SMILES string of the molecule is N=CC(=CN)c1ccc(-c2ccc(OC3CC4CCCC(C3)N4)nn2)c(O)c1. The highest BCUT2D eigenvalue weighted by Crippen LogP contribution is 2.31. The molecule has 5 N–H and O–H groups in total.